The maximum atomic E-state index is 12.2. The average Bonchev–Trinajstić information content (AvgIpc) is 3.05. The summed E-state index contributed by atoms with van der Waals surface area (Å²) >= 11 is 0. The van der Waals surface area contributed by atoms with Gasteiger partial charge in [0.05, 0.1) is 0 Å². The van der Waals surface area contributed by atoms with Gasteiger partial charge in [0.2, 0.25) is 5.82 Å². The Morgan fingerprint density at radius 2 is 1.84 bits per heavy atom. The Kier molecular flexibility index (Phi) is 4.79. The van der Waals surface area contributed by atoms with Crippen molar-refractivity contribution in [3.63, 3.8) is 0 Å². The van der Waals surface area contributed by atoms with Crippen molar-refractivity contribution >= 4 is 11.7 Å². The number of amides is 1. The molecule has 128 valence electrons. The maximum Gasteiger partial charge on any atom is 0.263 e. The summed E-state index contributed by atoms with van der Waals surface area (Å²) in [7, 11) is 0. The summed E-state index contributed by atoms with van der Waals surface area (Å²) in [4.78, 5) is 12.2. The van der Waals surface area contributed by atoms with Gasteiger partial charge in [-0.25, -0.2) is 4.63 Å². The molecule has 0 aliphatic carbocycles. The molecule has 0 saturated heterocycles. The lowest BCUT2D eigenvalue weighted by atomic mass is 10.1. The normalized spacial score (nSPS) is 10.5. The van der Waals surface area contributed by atoms with Crippen LogP contribution in [0.3, 0.4) is 0 Å². The number of anilines is 1. The Morgan fingerprint density at radius 3 is 2.60 bits per heavy atom. The molecule has 0 spiro atoms. The van der Waals surface area contributed by atoms with Gasteiger partial charge in [-0.1, -0.05) is 42.0 Å². The third-order valence-electron chi connectivity index (χ3n) is 3.99. The Balaban J connectivity index is 1.67. The zero-order chi connectivity index (χ0) is 17.8. The van der Waals surface area contributed by atoms with Gasteiger partial charge in [0.15, 0.2) is 12.3 Å². The Labute approximate surface area is 145 Å². The van der Waals surface area contributed by atoms with Crippen LogP contribution in [-0.4, -0.2) is 22.8 Å². The molecule has 3 rings (SSSR count). The molecule has 0 radical (unpaired) electrons. The molecule has 25 heavy (non-hydrogen) atoms. The van der Waals surface area contributed by atoms with E-state index < -0.39 is 0 Å². The zero-order valence-corrected chi connectivity index (χ0v) is 14.4. The molecule has 1 heterocycles. The molecule has 0 fully saturated rings. The van der Waals surface area contributed by atoms with E-state index in [9.17, 15) is 4.79 Å². The highest BCUT2D eigenvalue weighted by Gasteiger charge is 2.15. The summed E-state index contributed by atoms with van der Waals surface area (Å²) in [6.45, 7) is 5.83. The van der Waals surface area contributed by atoms with Gasteiger partial charge in [-0.3, -0.25) is 4.79 Å². The van der Waals surface area contributed by atoms with E-state index in [4.69, 9.17) is 9.37 Å². The standard InChI is InChI=1S/C19H19N3O3/c1-12-7-9-15(10-8-12)18-19(22-25-21-18)20-17(23)11-24-16-6-4-5-13(2)14(16)3/h4-10H,11H2,1-3H3,(H,20,22,23). The quantitative estimate of drug-likeness (QED) is 0.768. The molecular formula is C19H19N3O3. The summed E-state index contributed by atoms with van der Waals surface area (Å²) in [5.41, 5.74) is 4.56. The smallest absolute Gasteiger partial charge is 0.263 e. The molecular weight excluding hydrogens is 318 g/mol. The lowest BCUT2D eigenvalue weighted by Gasteiger charge is -2.10. The minimum atomic E-state index is -0.329. The summed E-state index contributed by atoms with van der Waals surface area (Å²) in [5, 5.41) is 10.3. The number of hydrogen-bond donors (Lipinski definition) is 1. The number of hydrogen-bond acceptors (Lipinski definition) is 5. The summed E-state index contributed by atoms with van der Waals surface area (Å²) in [5.74, 6) is 0.635. The number of aromatic nitrogens is 2. The molecule has 6 nitrogen and oxygen atoms in total. The van der Waals surface area contributed by atoms with Crippen LogP contribution in [0, 0.1) is 20.8 Å². The van der Waals surface area contributed by atoms with E-state index >= 15 is 0 Å². The van der Waals surface area contributed by atoms with Crippen LogP contribution < -0.4 is 10.1 Å². The second-order valence-electron chi connectivity index (χ2n) is 5.86. The fourth-order valence-corrected chi connectivity index (χ4v) is 2.36. The lowest BCUT2D eigenvalue weighted by molar-refractivity contribution is -0.118. The summed E-state index contributed by atoms with van der Waals surface area (Å²) < 4.78 is 10.4. The topological polar surface area (TPSA) is 77.3 Å². The SMILES string of the molecule is Cc1ccc(-c2nonc2NC(=O)COc2cccc(C)c2C)cc1. The van der Waals surface area contributed by atoms with Crippen LogP contribution in [0.25, 0.3) is 11.3 Å². The van der Waals surface area contributed by atoms with Crippen LogP contribution in [0.4, 0.5) is 5.82 Å². The number of benzene rings is 2. The second kappa shape index (κ2) is 7.17. The first-order chi connectivity index (χ1) is 12.0. The number of nitrogens with zero attached hydrogens (tertiary/aromatic N) is 2. The van der Waals surface area contributed by atoms with E-state index in [1.807, 2.05) is 63.2 Å². The fraction of sp³-hybridized carbons (Fsp3) is 0.211. The van der Waals surface area contributed by atoms with Gasteiger partial charge in [0.1, 0.15) is 5.75 Å². The van der Waals surface area contributed by atoms with Crippen LogP contribution in [0.2, 0.25) is 0 Å². The first-order valence-corrected chi connectivity index (χ1v) is 7.93. The van der Waals surface area contributed by atoms with Gasteiger partial charge in [-0.15, -0.1) is 0 Å². The molecule has 0 bridgehead atoms. The molecule has 6 heteroatoms. The lowest BCUT2D eigenvalue weighted by Crippen LogP contribution is -2.21. The number of nitrogens with one attached hydrogen (secondary N) is 1. The van der Waals surface area contributed by atoms with Crippen molar-refractivity contribution in [1.82, 2.24) is 10.3 Å². The van der Waals surface area contributed by atoms with Gasteiger partial charge >= 0.3 is 0 Å². The van der Waals surface area contributed by atoms with Crippen LogP contribution in [0.15, 0.2) is 47.1 Å². The van der Waals surface area contributed by atoms with Crippen LogP contribution >= 0.6 is 0 Å². The van der Waals surface area contributed by atoms with Crippen LogP contribution in [-0.2, 0) is 4.79 Å². The predicted molar refractivity (Wildman–Crippen MR) is 94.5 cm³/mol. The van der Waals surface area contributed by atoms with Crippen molar-refractivity contribution in [3.8, 4) is 17.0 Å². The molecule has 3 aromatic rings. The van der Waals surface area contributed by atoms with E-state index in [-0.39, 0.29) is 18.3 Å². The first kappa shape index (κ1) is 16.7. The van der Waals surface area contributed by atoms with Gasteiger partial charge in [0, 0.05) is 5.56 Å². The molecule has 0 aliphatic rings. The van der Waals surface area contributed by atoms with Gasteiger partial charge in [-0.2, -0.15) is 0 Å². The van der Waals surface area contributed by atoms with Gasteiger partial charge < -0.3 is 10.1 Å². The number of carbonyl (C=O) groups is 1. The highest BCUT2D eigenvalue weighted by atomic mass is 16.6. The van der Waals surface area contributed by atoms with Crippen molar-refractivity contribution in [1.29, 1.82) is 0 Å². The number of carbonyl (C=O) groups excluding carboxylic acids is 1. The van der Waals surface area contributed by atoms with Crippen molar-refractivity contribution in [2.75, 3.05) is 11.9 Å². The molecule has 2 aromatic carbocycles. The highest BCUT2D eigenvalue weighted by Crippen LogP contribution is 2.25. The monoisotopic (exact) mass is 337 g/mol. The molecule has 1 amide bonds. The van der Waals surface area contributed by atoms with Gasteiger partial charge in [0.25, 0.3) is 5.91 Å². The molecule has 0 unspecified atom stereocenters. The highest BCUT2D eigenvalue weighted by molar-refractivity contribution is 5.94. The number of aryl methyl sites for hydroxylation is 2. The third kappa shape index (κ3) is 3.85. The van der Waals surface area contributed by atoms with Crippen LogP contribution in [0.1, 0.15) is 16.7 Å². The van der Waals surface area contributed by atoms with E-state index in [1.165, 1.54) is 0 Å². The Bertz CT molecular complexity index is 885. The third-order valence-corrected chi connectivity index (χ3v) is 3.99. The average molecular weight is 337 g/mol. The summed E-state index contributed by atoms with van der Waals surface area (Å²) in [6, 6.07) is 13.4. The number of rotatable bonds is 5. The van der Waals surface area contributed by atoms with Crippen LogP contribution in [0.5, 0.6) is 5.75 Å². The molecule has 1 aromatic heterocycles. The molecule has 1 N–H and O–H groups in total. The predicted octanol–water partition coefficient (Wildman–Crippen LogP) is 3.68. The van der Waals surface area contributed by atoms with E-state index in [0.717, 1.165) is 22.3 Å². The maximum absolute atomic E-state index is 12.2. The first-order valence-electron chi connectivity index (χ1n) is 7.93. The minimum Gasteiger partial charge on any atom is -0.483 e. The second-order valence-corrected chi connectivity index (χ2v) is 5.86. The van der Waals surface area contributed by atoms with E-state index in [2.05, 4.69) is 15.6 Å². The van der Waals surface area contributed by atoms with Gasteiger partial charge in [-0.05, 0) is 48.3 Å². The molecule has 0 saturated carbocycles. The van der Waals surface area contributed by atoms with E-state index in [1.54, 1.807) is 0 Å². The molecule has 0 aliphatic heterocycles. The summed E-state index contributed by atoms with van der Waals surface area (Å²) in [6.07, 6.45) is 0. The van der Waals surface area contributed by atoms with Crippen molar-refractivity contribution in [3.05, 3.63) is 59.2 Å². The van der Waals surface area contributed by atoms with Crippen molar-refractivity contribution in [2.45, 2.75) is 20.8 Å². The number of ether oxygens (including phenoxy) is 1. The Hall–Kier alpha value is -3.15. The van der Waals surface area contributed by atoms with E-state index in [0.29, 0.717) is 11.4 Å². The molecule has 0 atom stereocenters. The minimum absolute atomic E-state index is 0.121. The fourth-order valence-electron chi connectivity index (χ4n) is 2.36. The van der Waals surface area contributed by atoms with Crippen molar-refractivity contribution < 1.29 is 14.2 Å². The zero-order valence-electron chi connectivity index (χ0n) is 14.4. The van der Waals surface area contributed by atoms with Crippen molar-refractivity contribution in [2.24, 2.45) is 0 Å². The largest absolute Gasteiger partial charge is 0.483 e. The Morgan fingerprint density at radius 1 is 1.08 bits per heavy atom.